The van der Waals surface area contributed by atoms with Crippen molar-refractivity contribution >= 4 is 23.7 Å². The Kier molecular flexibility index (Phi) is 12.2. The molecular weight excluding hydrogens is 498 g/mol. The number of nitrogens with two attached hydrogens (primary N) is 2. The summed E-state index contributed by atoms with van der Waals surface area (Å²) < 4.78 is 0. The molecule has 0 aliphatic rings. The van der Waals surface area contributed by atoms with E-state index in [1.54, 1.807) is 0 Å². The van der Waals surface area contributed by atoms with E-state index in [1.807, 2.05) is 0 Å². The Morgan fingerprint density at radius 3 is 2.13 bits per heavy atom. The molecular formula is C24H35N7O7. The summed E-state index contributed by atoms with van der Waals surface area (Å²) in [4.78, 5) is 57.0. The SMILES string of the molecule is NCCCCC(NC(=O)C(N)Cc1cnc[nH]1)C(=O)NC(Cc1ccc(O)cc1)C(=O)NC(CO)C(=O)O. The Bertz CT molecular complexity index is 1050. The third-order valence-electron chi connectivity index (χ3n) is 5.72. The number of carbonyl (C=O) groups excluding carboxylic acids is 3. The number of phenols is 1. The molecule has 0 fully saturated rings. The van der Waals surface area contributed by atoms with Crippen LogP contribution in [-0.2, 0) is 32.0 Å². The first-order valence-electron chi connectivity index (χ1n) is 12.1. The quantitative estimate of drug-likeness (QED) is 0.106. The van der Waals surface area contributed by atoms with Crippen LogP contribution >= 0.6 is 0 Å². The number of unbranched alkanes of at least 4 members (excludes halogenated alkanes) is 1. The number of aromatic amines is 1. The number of imidazole rings is 1. The normalized spacial score (nSPS) is 14.1. The lowest BCUT2D eigenvalue weighted by Gasteiger charge is -2.25. The Labute approximate surface area is 219 Å². The van der Waals surface area contributed by atoms with E-state index in [1.165, 1.54) is 36.8 Å². The summed E-state index contributed by atoms with van der Waals surface area (Å²) in [7, 11) is 0. The summed E-state index contributed by atoms with van der Waals surface area (Å²) in [6, 6.07) is 1.01. The second-order valence-corrected chi connectivity index (χ2v) is 8.75. The van der Waals surface area contributed by atoms with Crippen LogP contribution in [0.15, 0.2) is 36.8 Å². The summed E-state index contributed by atoms with van der Waals surface area (Å²) in [5, 5.41) is 35.4. The molecule has 14 heteroatoms. The third kappa shape index (κ3) is 9.80. The summed E-state index contributed by atoms with van der Waals surface area (Å²) in [6.45, 7) is -0.474. The predicted molar refractivity (Wildman–Crippen MR) is 135 cm³/mol. The molecule has 1 aromatic carbocycles. The number of aromatic hydroxyl groups is 1. The van der Waals surface area contributed by atoms with E-state index >= 15 is 0 Å². The van der Waals surface area contributed by atoms with Gasteiger partial charge in [0, 0.05) is 24.7 Å². The van der Waals surface area contributed by atoms with E-state index < -0.39 is 54.5 Å². The Balaban J connectivity index is 2.19. The van der Waals surface area contributed by atoms with Gasteiger partial charge in [-0.3, -0.25) is 14.4 Å². The van der Waals surface area contributed by atoms with E-state index in [0.717, 1.165) is 0 Å². The van der Waals surface area contributed by atoms with Crippen LogP contribution in [0.5, 0.6) is 5.75 Å². The van der Waals surface area contributed by atoms with E-state index in [0.29, 0.717) is 30.6 Å². The van der Waals surface area contributed by atoms with Gasteiger partial charge in [0.05, 0.1) is 19.0 Å². The number of phenolic OH excluding ortho intramolecular Hbond substituents is 1. The average Bonchev–Trinajstić information content (AvgIpc) is 3.40. The van der Waals surface area contributed by atoms with E-state index in [-0.39, 0.29) is 25.0 Å². The number of aliphatic hydroxyl groups is 1. The number of nitrogens with zero attached hydrogens (tertiary/aromatic N) is 1. The largest absolute Gasteiger partial charge is 0.508 e. The zero-order valence-electron chi connectivity index (χ0n) is 20.8. The fourth-order valence-corrected chi connectivity index (χ4v) is 3.57. The highest BCUT2D eigenvalue weighted by atomic mass is 16.4. The van der Waals surface area contributed by atoms with Crippen molar-refractivity contribution < 1.29 is 34.5 Å². The van der Waals surface area contributed by atoms with Crippen LogP contribution < -0.4 is 27.4 Å². The van der Waals surface area contributed by atoms with Crippen molar-refractivity contribution in [1.29, 1.82) is 0 Å². The van der Waals surface area contributed by atoms with Crippen molar-refractivity contribution in [3.8, 4) is 5.75 Å². The molecule has 0 aliphatic carbocycles. The van der Waals surface area contributed by atoms with Gasteiger partial charge in [0.1, 0.15) is 23.9 Å². The number of carboxylic acids is 1. The molecule has 0 spiro atoms. The molecule has 0 aliphatic heterocycles. The first kappa shape index (κ1) is 30.2. The van der Waals surface area contributed by atoms with Gasteiger partial charge in [0.2, 0.25) is 17.7 Å². The van der Waals surface area contributed by atoms with Crippen LogP contribution in [0.1, 0.15) is 30.5 Å². The molecule has 11 N–H and O–H groups in total. The summed E-state index contributed by atoms with van der Waals surface area (Å²) in [6.07, 6.45) is 4.40. The fraction of sp³-hybridized carbons (Fsp3) is 0.458. The van der Waals surface area contributed by atoms with Gasteiger partial charge in [0.15, 0.2) is 0 Å². The second-order valence-electron chi connectivity index (χ2n) is 8.75. The average molecular weight is 534 g/mol. The van der Waals surface area contributed by atoms with Gasteiger partial charge in [-0.2, -0.15) is 0 Å². The Morgan fingerprint density at radius 2 is 1.55 bits per heavy atom. The van der Waals surface area contributed by atoms with Crippen molar-refractivity contribution in [1.82, 2.24) is 25.9 Å². The minimum absolute atomic E-state index is 0.000780. The van der Waals surface area contributed by atoms with Gasteiger partial charge in [-0.15, -0.1) is 0 Å². The third-order valence-corrected chi connectivity index (χ3v) is 5.72. The molecule has 14 nitrogen and oxygen atoms in total. The number of H-pyrrole nitrogens is 1. The molecule has 2 aromatic rings. The number of hydrogen-bond donors (Lipinski definition) is 9. The maximum absolute atomic E-state index is 13.3. The zero-order valence-corrected chi connectivity index (χ0v) is 20.8. The van der Waals surface area contributed by atoms with Crippen LogP contribution in [0.25, 0.3) is 0 Å². The fourth-order valence-electron chi connectivity index (χ4n) is 3.57. The highest BCUT2D eigenvalue weighted by Crippen LogP contribution is 2.12. The van der Waals surface area contributed by atoms with Crippen molar-refractivity contribution in [2.24, 2.45) is 11.5 Å². The maximum Gasteiger partial charge on any atom is 0.328 e. The van der Waals surface area contributed by atoms with E-state index in [9.17, 15) is 34.5 Å². The number of carboxylic acid groups (broad SMARTS) is 1. The number of rotatable bonds is 16. The number of aromatic nitrogens is 2. The number of hydrogen-bond acceptors (Lipinski definition) is 9. The van der Waals surface area contributed by atoms with Gasteiger partial charge >= 0.3 is 5.97 Å². The summed E-state index contributed by atoms with van der Waals surface area (Å²) in [5.41, 5.74) is 12.8. The van der Waals surface area contributed by atoms with Crippen LogP contribution in [0, 0.1) is 0 Å². The number of aliphatic carboxylic acids is 1. The van der Waals surface area contributed by atoms with Gasteiger partial charge in [-0.1, -0.05) is 12.1 Å². The van der Waals surface area contributed by atoms with Crippen LogP contribution in [0.2, 0.25) is 0 Å². The molecule has 0 saturated heterocycles. The van der Waals surface area contributed by atoms with Crippen molar-refractivity contribution in [2.45, 2.75) is 56.3 Å². The van der Waals surface area contributed by atoms with Crippen molar-refractivity contribution in [3.63, 3.8) is 0 Å². The molecule has 2 rings (SSSR count). The number of aliphatic hydroxyl groups excluding tert-OH is 1. The first-order chi connectivity index (χ1) is 18.1. The van der Waals surface area contributed by atoms with Gasteiger partial charge in [0.25, 0.3) is 0 Å². The predicted octanol–water partition coefficient (Wildman–Crippen LogP) is -2.11. The minimum atomic E-state index is -1.58. The first-order valence-corrected chi connectivity index (χ1v) is 12.1. The zero-order chi connectivity index (χ0) is 28.1. The molecule has 3 amide bonds. The minimum Gasteiger partial charge on any atom is -0.508 e. The van der Waals surface area contributed by atoms with Crippen LogP contribution in [0.4, 0.5) is 0 Å². The number of amides is 3. The smallest absolute Gasteiger partial charge is 0.328 e. The maximum atomic E-state index is 13.3. The van der Waals surface area contributed by atoms with Gasteiger partial charge in [-0.05, 0) is 43.5 Å². The highest BCUT2D eigenvalue weighted by molar-refractivity contribution is 5.94. The van der Waals surface area contributed by atoms with Gasteiger partial charge in [-0.25, -0.2) is 9.78 Å². The molecule has 0 saturated carbocycles. The number of carbonyl (C=O) groups is 4. The molecule has 4 unspecified atom stereocenters. The molecule has 4 atom stereocenters. The highest BCUT2D eigenvalue weighted by Gasteiger charge is 2.30. The van der Waals surface area contributed by atoms with Gasteiger partial charge < -0.3 is 47.7 Å². The summed E-state index contributed by atoms with van der Waals surface area (Å²) in [5.74, 6) is -3.57. The van der Waals surface area contributed by atoms with Crippen molar-refractivity contribution in [2.75, 3.05) is 13.2 Å². The second kappa shape index (κ2) is 15.3. The van der Waals surface area contributed by atoms with Crippen LogP contribution in [0.3, 0.4) is 0 Å². The lowest BCUT2D eigenvalue weighted by atomic mass is 10.0. The van der Waals surface area contributed by atoms with Crippen LogP contribution in [-0.4, -0.2) is 86.3 Å². The van der Waals surface area contributed by atoms with E-state index in [4.69, 9.17) is 11.5 Å². The molecule has 1 aromatic heterocycles. The Hall–Kier alpha value is -4.01. The standard InChI is InChI=1S/C24H35N7O7/c25-8-2-1-3-18(29-21(34)17(26)10-15-11-27-13-28-15)22(35)30-19(9-14-4-6-16(33)7-5-14)23(36)31-20(12-32)24(37)38/h4-7,11,13,17-20,32-33H,1-3,8-10,12,25-26H2,(H,27,28)(H,29,34)(H,30,35)(H,31,36)(H,37,38). The topological polar surface area (TPSA) is 246 Å². The molecule has 0 radical (unpaired) electrons. The monoisotopic (exact) mass is 533 g/mol. The number of nitrogens with one attached hydrogen (secondary N) is 4. The molecule has 208 valence electrons. The lowest BCUT2D eigenvalue weighted by Crippen LogP contribution is -2.58. The molecule has 0 bridgehead atoms. The van der Waals surface area contributed by atoms with E-state index in [2.05, 4.69) is 25.9 Å². The van der Waals surface area contributed by atoms with Crippen molar-refractivity contribution in [3.05, 3.63) is 48.0 Å². The number of benzene rings is 1. The summed E-state index contributed by atoms with van der Waals surface area (Å²) >= 11 is 0. The Morgan fingerprint density at radius 1 is 0.921 bits per heavy atom. The lowest BCUT2D eigenvalue weighted by molar-refractivity contribution is -0.143. The molecule has 1 heterocycles. The molecule has 38 heavy (non-hydrogen) atoms.